The predicted molar refractivity (Wildman–Crippen MR) is 63.4 cm³/mol. The van der Waals surface area contributed by atoms with E-state index in [1.54, 1.807) is 0 Å². The first-order chi connectivity index (χ1) is 6.63. The lowest BCUT2D eigenvalue weighted by Crippen LogP contribution is -2.28. The summed E-state index contributed by atoms with van der Waals surface area (Å²) in [7, 11) is 2.07. The second-order valence-corrected chi connectivity index (χ2v) is 5.43. The van der Waals surface area contributed by atoms with Crippen LogP contribution in [0.1, 0.15) is 52.9 Å². The smallest absolute Gasteiger partial charge is 0.00383 e. The molecule has 0 aromatic rings. The molecule has 1 aliphatic rings. The molecule has 1 N–H and O–H groups in total. The van der Waals surface area contributed by atoms with Gasteiger partial charge in [0.1, 0.15) is 0 Å². The van der Waals surface area contributed by atoms with E-state index in [1.165, 1.54) is 32.1 Å². The van der Waals surface area contributed by atoms with Crippen LogP contribution in [0.4, 0.5) is 0 Å². The lowest BCUT2D eigenvalue weighted by atomic mass is 9.74. The Morgan fingerprint density at radius 2 is 2.00 bits per heavy atom. The van der Waals surface area contributed by atoms with Crippen molar-refractivity contribution in [2.24, 2.45) is 17.8 Å². The van der Waals surface area contributed by atoms with Gasteiger partial charge in [-0.05, 0) is 44.6 Å². The lowest BCUT2D eigenvalue weighted by Gasteiger charge is -2.32. The molecular weight excluding hydrogens is 170 g/mol. The SMILES string of the molecule is CNC(C)CC(C)C1CCCC(C)C1. The Morgan fingerprint density at radius 1 is 1.29 bits per heavy atom. The van der Waals surface area contributed by atoms with E-state index < -0.39 is 0 Å². The van der Waals surface area contributed by atoms with Gasteiger partial charge in [-0.25, -0.2) is 0 Å². The van der Waals surface area contributed by atoms with Crippen LogP contribution in [-0.4, -0.2) is 13.1 Å². The average Bonchev–Trinajstić information content (AvgIpc) is 2.17. The Morgan fingerprint density at radius 3 is 2.57 bits per heavy atom. The minimum atomic E-state index is 0.683. The van der Waals surface area contributed by atoms with Crippen LogP contribution in [0.15, 0.2) is 0 Å². The first kappa shape index (κ1) is 12.0. The molecule has 1 nitrogen and oxygen atoms in total. The third kappa shape index (κ3) is 3.61. The molecule has 0 aromatic heterocycles. The molecule has 0 spiro atoms. The molecule has 0 aliphatic heterocycles. The van der Waals surface area contributed by atoms with Crippen LogP contribution in [0.2, 0.25) is 0 Å². The maximum Gasteiger partial charge on any atom is 0.00383 e. The maximum absolute atomic E-state index is 3.35. The van der Waals surface area contributed by atoms with Gasteiger partial charge in [-0.2, -0.15) is 0 Å². The third-order valence-electron chi connectivity index (χ3n) is 4.00. The van der Waals surface area contributed by atoms with Crippen LogP contribution in [-0.2, 0) is 0 Å². The average molecular weight is 197 g/mol. The van der Waals surface area contributed by atoms with Gasteiger partial charge in [0.25, 0.3) is 0 Å². The van der Waals surface area contributed by atoms with E-state index in [-0.39, 0.29) is 0 Å². The van der Waals surface area contributed by atoms with E-state index in [4.69, 9.17) is 0 Å². The maximum atomic E-state index is 3.35. The summed E-state index contributed by atoms with van der Waals surface area (Å²) in [5.74, 6) is 2.87. The highest BCUT2D eigenvalue weighted by Crippen LogP contribution is 2.35. The second-order valence-electron chi connectivity index (χ2n) is 5.43. The van der Waals surface area contributed by atoms with Crippen molar-refractivity contribution < 1.29 is 0 Å². The van der Waals surface area contributed by atoms with E-state index in [0.29, 0.717) is 6.04 Å². The quantitative estimate of drug-likeness (QED) is 0.728. The summed E-state index contributed by atoms with van der Waals surface area (Å²) >= 11 is 0. The van der Waals surface area contributed by atoms with Gasteiger partial charge in [0, 0.05) is 6.04 Å². The van der Waals surface area contributed by atoms with Gasteiger partial charge in [-0.1, -0.05) is 33.1 Å². The fourth-order valence-electron chi connectivity index (χ4n) is 2.87. The van der Waals surface area contributed by atoms with Crippen LogP contribution < -0.4 is 5.32 Å². The molecule has 14 heavy (non-hydrogen) atoms. The van der Waals surface area contributed by atoms with Gasteiger partial charge in [0.15, 0.2) is 0 Å². The number of rotatable bonds is 4. The van der Waals surface area contributed by atoms with Crippen molar-refractivity contribution in [3.8, 4) is 0 Å². The molecule has 1 saturated carbocycles. The Labute approximate surface area is 89.7 Å². The van der Waals surface area contributed by atoms with E-state index in [0.717, 1.165) is 17.8 Å². The molecule has 0 aromatic carbocycles. The predicted octanol–water partition coefficient (Wildman–Crippen LogP) is 3.45. The standard InChI is InChI=1S/C13H27N/c1-10-6-5-7-13(8-10)11(2)9-12(3)14-4/h10-14H,5-9H2,1-4H3. The summed E-state index contributed by atoms with van der Waals surface area (Å²) in [4.78, 5) is 0. The van der Waals surface area contributed by atoms with Gasteiger partial charge in [-0.3, -0.25) is 0 Å². The zero-order valence-corrected chi connectivity index (χ0v) is 10.3. The first-order valence-electron chi connectivity index (χ1n) is 6.30. The topological polar surface area (TPSA) is 12.0 Å². The number of hydrogen-bond donors (Lipinski definition) is 1. The van der Waals surface area contributed by atoms with Crippen molar-refractivity contribution in [1.82, 2.24) is 5.32 Å². The van der Waals surface area contributed by atoms with Crippen LogP contribution in [0.5, 0.6) is 0 Å². The van der Waals surface area contributed by atoms with Gasteiger partial charge < -0.3 is 5.32 Å². The molecule has 1 rings (SSSR count). The molecule has 4 atom stereocenters. The minimum absolute atomic E-state index is 0.683. The summed E-state index contributed by atoms with van der Waals surface area (Å²) in [5.41, 5.74) is 0. The molecule has 0 heterocycles. The van der Waals surface area contributed by atoms with Crippen molar-refractivity contribution in [3.63, 3.8) is 0 Å². The summed E-state index contributed by atoms with van der Waals surface area (Å²) in [6.07, 6.45) is 7.21. The lowest BCUT2D eigenvalue weighted by molar-refractivity contribution is 0.198. The largest absolute Gasteiger partial charge is 0.317 e. The molecule has 4 unspecified atom stereocenters. The molecule has 1 fully saturated rings. The van der Waals surface area contributed by atoms with E-state index in [1.807, 2.05) is 0 Å². The van der Waals surface area contributed by atoms with Gasteiger partial charge >= 0.3 is 0 Å². The summed E-state index contributed by atoms with van der Waals surface area (Å²) in [6.45, 7) is 7.15. The zero-order valence-electron chi connectivity index (χ0n) is 10.3. The highest BCUT2D eigenvalue weighted by atomic mass is 14.8. The molecule has 0 radical (unpaired) electrons. The van der Waals surface area contributed by atoms with Crippen molar-refractivity contribution in [2.45, 2.75) is 58.9 Å². The van der Waals surface area contributed by atoms with Crippen molar-refractivity contribution in [3.05, 3.63) is 0 Å². The zero-order chi connectivity index (χ0) is 10.6. The van der Waals surface area contributed by atoms with Gasteiger partial charge in [0.05, 0.1) is 0 Å². The molecule has 0 saturated heterocycles. The molecule has 84 valence electrons. The van der Waals surface area contributed by atoms with E-state index in [9.17, 15) is 0 Å². The number of hydrogen-bond acceptors (Lipinski definition) is 1. The molecule has 1 heteroatoms. The fourth-order valence-corrected chi connectivity index (χ4v) is 2.87. The summed E-state index contributed by atoms with van der Waals surface area (Å²) in [5, 5.41) is 3.35. The summed E-state index contributed by atoms with van der Waals surface area (Å²) in [6, 6.07) is 0.683. The third-order valence-corrected chi connectivity index (χ3v) is 4.00. The Kier molecular flexibility index (Phi) is 4.94. The molecule has 0 bridgehead atoms. The highest BCUT2D eigenvalue weighted by Gasteiger charge is 2.24. The van der Waals surface area contributed by atoms with Crippen LogP contribution >= 0.6 is 0 Å². The van der Waals surface area contributed by atoms with Crippen molar-refractivity contribution >= 4 is 0 Å². The normalized spacial score (nSPS) is 32.6. The first-order valence-corrected chi connectivity index (χ1v) is 6.30. The van der Waals surface area contributed by atoms with Crippen LogP contribution in [0, 0.1) is 17.8 Å². The monoisotopic (exact) mass is 197 g/mol. The number of nitrogens with one attached hydrogen (secondary N) is 1. The van der Waals surface area contributed by atoms with Gasteiger partial charge in [-0.15, -0.1) is 0 Å². The Balaban J connectivity index is 2.31. The van der Waals surface area contributed by atoms with Crippen LogP contribution in [0.25, 0.3) is 0 Å². The van der Waals surface area contributed by atoms with E-state index >= 15 is 0 Å². The molecule has 0 amide bonds. The van der Waals surface area contributed by atoms with Crippen LogP contribution in [0.3, 0.4) is 0 Å². The second kappa shape index (κ2) is 5.75. The summed E-state index contributed by atoms with van der Waals surface area (Å²) < 4.78 is 0. The van der Waals surface area contributed by atoms with Crippen molar-refractivity contribution in [2.75, 3.05) is 7.05 Å². The molecule has 1 aliphatic carbocycles. The highest BCUT2D eigenvalue weighted by molar-refractivity contribution is 4.76. The van der Waals surface area contributed by atoms with Crippen molar-refractivity contribution in [1.29, 1.82) is 0 Å². The van der Waals surface area contributed by atoms with Gasteiger partial charge in [0.2, 0.25) is 0 Å². The molecular formula is C13H27N. The Hall–Kier alpha value is -0.0400. The van der Waals surface area contributed by atoms with E-state index in [2.05, 4.69) is 33.1 Å². The minimum Gasteiger partial charge on any atom is -0.317 e. The fraction of sp³-hybridized carbons (Fsp3) is 1.00. The Bertz CT molecular complexity index is 155.